The Bertz CT molecular complexity index is 1040. The molecule has 0 amide bonds. The minimum Gasteiger partial charge on any atom is -0.372 e. The molecule has 0 atom stereocenters. The molecule has 2 aliphatic heterocycles. The summed E-state index contributed by atoms with van der Waals surface area (Å²) in [5, 5.41) is 0. The Hall–Kier alpha value is -3.06. The monoisotopic (exact) mass is 388 g/mol. The highest BCUT2D eigenvalue weighted by atomic mass is 16.1. The first-order valence-electron chi connectivity index (χ1n) is 10.2. The minimum atomic E-state index is -0.0667. The predicted octanol–water partition coefficient (Wildman–Crippen LogP) is 2.39. The van der Waals surface area contributed by atoms with E-state index in [1.54, 1.807) is 12.4 Å². The van der Waals surface area contributed by atoms with E-state index in [0.717, 1.165) is 49.4 Å². The number of hydrogen-bond acceptors (Lipinski definition) is 6. The van der Waals surface area contributed by atoms with E-state index >= 15 is 0 Å². The van der Waals surface area contributed by atoms with Crippen molar-refractivity contribution in [1.82, 2.24) is 24.8 Å². The second-order valence-electron chi connectivity index (χ2n) is 7.79. The summed E-state index contributed by atoms with van der Waals surface area (Å²) in [7, 11) is 0. The van der Waals surface area contributed by atoms with Gasteiger partial charge in [0.1, 0.15) is 12.2 Å². The number of nitrogens with zero attached hydrogens (tertiary/aromatic N) is 5. The normalized spacial score (nSPS) is 16.8. The standard InChI is InChI=1S/C22H24N6O/c29-22-19-14-27(13-16-3-5-18(6-4-16)28-8-1-2-9-28)10-7-20(19)25-21(26-22)17-11-23-15-24-12-17/h3-6,11-12,15H,1-2,7-10,13-14H2,(H,25,26,29). The molecule has 1 fully saturated rings. The molecule has 3 aromatic rings. The van der Waals surface area contributed by atoms with Gasteiger partial charge >= 0.3 is 0 Å². The number of aromatic nitrogens is 4. The van der Waals surface area contributed by atoms with Crippen molar-refractivity contribution in [1.29, 1.82) is 0 Å². The zero-order valence-electron chi connectivity index (χ0n) is 16.3. The van der Waals surface area contributed by atoms with Crippen molar-refractivity contribution in [2.24, 2.45) is 0 Å². The molecule has 0 unspecified atom stereocenters. The summed E-state index contributed by atoms with van der Waals surface area (Å²) >= 11 is 0. The van der Waals surface area contributed by atoms with Crippen molar-refractivity contribution in [3.8, 4) is 11.4 Å². The Morgan fingerprint density at radius 2 is 1.76 bits per heavy atom. The van der Waals surface area contributed by atoms with Crippen LogP contribution in [0.25, 0.3) is 11.4 Å². The molecule has 0 spiro atoms. The lowest BCUT2D eigenvalue weighted by molar-refractivity contribution is 0.242. The Balaban J connectivity index is 1.30. The Kier molecular flexibility index (Phi) is 4.81. The first kappa shape index (κ1) is 18.0. The van der Waals surface area contributed by atoms with Gasteiger partial charge in [-0.2, -0.15) is 0 Å². The fourth-order valence-corrected chi connectivity index (χ4v) is 4.22. The smallest absolute Gasteiger partial charge is 0.255 e. The lowest BCUT2D eigenvalue weighted by Gasteiger charge is -2.28. The predicted molar refractivity (Wildman–Crippen MR) is 112 cm³/mol. The number of benzene rings is 1. The number of rotatable bonds is 4. The van der Waals surface area contributed by atoms with Gasteiger partial charge in [-0.3, -0.25) is 9.69 Å². The molecule has 2 aliphatic rings. The van der Waals surface area contributed by atoms with Crippen molar-refractivity contribution in [2.75, 3.05) is 24.5 Å². The summed E-state index contributed by atoms with van der Waals surface area (Å²) in [5.74, 6) is 0.542. The third kappa shape index (κ3) is 3.78. The molecule has 29 heavy (non-hydrogen) atoms. The molecule has 7 heteroatoms. The topological polar surface area (TPSA) is 78.0 Å². The second-order valence-corrected chi connectivity index (χ2v) is 7.79. The van der Waals surface area contributed by atoms with Crippen LogP contribution in [0.5, 0.6) is 0 Å². The number of aromatic amines is 1. The first-order chi connectivity index (χ1) is 14.3. The number of fused-ring (bicyclic) bond motifs is 1. The largest absolute Gasteiger partial charge is 0.372 e. The Labute approximate surface area is 169 Å². The summed E-state index contributed by atoms with van der Waals surface area (Å²) in [6.07, 6.45) is 8.14. The molecule has 0 bridgehead atoms. The molecule has 0 radical (unpaired) electrons. The van der Waals surface area contributed by atoms with Gasteiger partial charge in [-0.05, 0) is 30.5 Å². The molecule has 1 N–H and O–H groups in total. The summed E-state index contributed by atoms with van der Waals surface area (Å²) in [6.45, 7) is 4.68. The number of hydrogen-bond donors (Lipinski definition) is 1. The van der Waals surface area contributed by atoms with E-state index in [1.165, 1.54) is 30.4 Å². The zero-order chi connectivity index (χ0) is 19.6. The number of H-pyrrole nitrogens is 1. The molecule has 7 nitrogen and oxygen atoms in total. The Morgan fingerprint density at radius 3 is 2.52 bits per heavy atom. The van der Waals surface area contributed by atoms with E-state index < -0.39 is 0 Å². The number of anilines is 1. The van der Waals surface area contributed by atoms with Crippen LogP contribution in [0.3, 0.4) is 0 Å². The van der Waals surface area contributed by atoms with Gasteiger partial charge in [-0.15, -0.1) is 0 Å². The summed E-state index contributed by atoms with van der Waals surface area (Å²) in [6, 6.07) is 8.87. The van der Waals surface area contributed by atoms with Gasteiger partial charge in [0.25, 0.3) is 5.56 Å². The zero-order valence-corrected chi connectivity index (χ0v) is 16.3. The van der Waals surface area contributed by atoms with Gasteiger partial charge in [0.05, 0.1) is 16.8 Å². The van der Waals surface area contributed by atoms with Crippen molar-refractivity contribution < 1.29 is 0 Å². The first-order valence-corrected chi connectivity index (χ1v) is 10.2. The maximum Gasteiger partial charge on any atom is 0.255 e. The molecular formula is C22H24N6O. The van der Waals surface area contributed by atoms with Gasteiger partial charge in [-0.1, -0.05) is 12.1 Å². The van der Waals surface area contributed by atoms with Crippen LogP contribution in [0.2, 0.25) is 0 Å². The van der Waals surface area contributed by atoms with Crippen LogP contribution in [-0.4, -0.2) is 44.5 Å². The third-order valence-corrected chi connectivity index (χ3v) is 5.80. The average Bonchev–Trinajstić information content (AvgIpc) is 3.30. The van der Waals surface area contributed by atoms with Crippen LogP contribution in [-0.2, 0) is 19.5 Å². The van der Waals surface area contributed by atoms with E-state index in [2.05, 4.69) is 54.0 Å². The van der Waals surface area contributed by atoms with Crippen LogP contribution in [0.4, 0.5) is 5.69 Å². The van der Waals surface area contributed by atoms with Gasteiger partial charge < -0.3 is 9.88 Å². The van der Waals surface area contributed by atoms with Crippen LogP contribution >= 0.6 is 0 Å². The average molecular weight is 388 g/mol. The van der Waals surface area contributed by atoms with Crippen molar-refractivity contribution in [3.63, 3.8) is 0 Å². The maximum atomic E-state index is 12.7. The summed E-state index contributed by atoms with van der Waals surface area (Å²) in [5.41, 5.74) is 4.90. The highest BCUT2D eigenvalue weighted by Gasteiger charge is 2.22. The fraction of sp³-hybridized carbons (Fsp3) is 0.364. The maximum absolute atomic E-state index is 12.7. The highest BCUT2D eigenvalue weighted by Crippen LogP contribution is 2.23. The highest BCUT2D eigenvalue weighted by molar-refractivity contribution is 5.52. The summed E-state index contributed by atoms with van der Waals surface area (Å²) in [4.78, 5) is 33.0. The molecule has 4 heterocycles. The van der Waals surface area contributed by atoms with Gasteiger partial charge in [0.2, 0.25) is 0 Å². The van der Waals surface area contributed by atoms with Crippen LogP contribution < -0.4 is 10.5 Å². The fourth-order valence-electron chi connectivity index (χ4n) is 4.22. The molecule has 2 aromatic heterocycles. The van der Waals surface area contributed by atoms with Crippen molar-refractivity contribution in [2.45, 2.75) is 32.4 Å². The quantitative estimate of drug-likeness (QED) is 0.739. The lowest BCUT2D eigenvalue weighted by Crippen LogP contribution is -2.35. The summed E-state index contributed by atoms with van der Waals surface area (Å²) < 4.78 is 0. The lowest BCUT2D eigenvalue weighted by atomic mass is 10.1. The molecule has 0 aliphatic carbocycles. The third-order valence-electron chi connectivity index (χ3n) is 5.80. The number of nitrogens with one attached hydrogen (secondary N) is 1. The molecule has 1 aromatic carbocycles. The van der Waals surface area contributed by atoms with Gasteiger partial charge in [0.15, 0.2) is 0 Å². The minimum absolute atomic E-state index is 0.0667. The van der Waals surface area contributed by atoms with E-state index in [-0.39, 0.29) is 5.56 Å². The van der Waals surface area contributed by atoms with Crippen LogP contribution in [0.15, 0.2) is 47.8 Å². The molecular weight excluding hydrogens is 364 g/mol. The van der Waals surface area contributed by atoms with E-state index in [4.69, 9.17) is 0 Å². The van der Waals surface area contributed by atoms with E-state index in [9.17, 15) is 4.79 Å². The molecule has 0 saturated carbocycles. The SMILES string of the molecule is O=c1[nH]c(-c2cncnc2)nc2c1CN(Cc1ccc(N3CCCC3)cc1)CC2. The van der Waals surface area contributed by atoms with E-state index in [0.29, 0.717) is 12.4 Å². The van der Waals surface area contributed by atoms with Crippen LogP contribution in [0.1, 0.15) is 29.7 Å². The Morgan fingerprint density at radius 1 is 1.00 bits per heavy atom. The molecule has 1 saturated heterocycles. The molecule has 5 rings (SSSR count). The van der Waals surface area contributed by atoms with E-state index in [1.807, 2.05) is 0 Å². The van der Waals surface area contributed by atoms with Crippen molar-refractivity contribution in [3.05, 3.63) is 70.2 Å². The van der Waals surface area contributed by atoms with Gasteiger partial charge in [-0.25, -0.2) is 15.0 Å². The van der Waals surface area contributed by atoms with Crippen molar-refractivity contribution >= 4 is 5.69 Å². The van der Waals surface area contributed by atoms with Crippen LogP contribution in [0, 0.1) is 0 Å². The van der Waals surface area contributed by atoms with Gasteiger partial charge in [0, 0.05) is 57.2 Å². The molecule has 148 valence electrons. The second kappa shape index (κ2) is 7.75.